The van der Waals surface area contributed by atoms with Crippen LogP contribution in [0.15, 0.2) is 54.6 Å². The van der Waals surface area contributed by atoms with E-state index in [4.69, 9.17) is 5.73 Å². The van der Waals surface area contributed by atoms with Crippen molar-refractivity contribution in [2.24, 2.45) is 5.73 Å². The van der Waals surface area contributed by atoms with Crippen molar-refractivity contribution in [1.29, 1.82) is 0 Å². The van der Waals surface area contributed by atoms with E-state index in [1.807, 2.05) is 44.2 Å². The molecule has 9 heteroatoms. The standard InChI is InChI=1S/C27H38N4O5/c1-18(2)29-15-7-6-10-23(27(35)36)30-26(34)24(17-20-11-13-21(32)14-12-20)31-25(33)22(28)16-19-8-4-3-5-9-19/h3-5,8-9,11-14,18,22-24,29,32H,6-7,10,15-17,28H2,1-2H3,(H,30,34)(H,31,33)(H,35,36)/t22-,23-,24-/m0/s1. The third kappa shape index (κ3) is 10.5. The van der Waals surface area contributed by atoms with Crippen LogP contribution in [0, 0.1) is 0 Å². The van der Waals surface area contributed by atoms with Gasteiger partial charge in [0.05, 0.1) is 6.04 Å². The van der Waals surface area contributed by atoms with E-state index < -0.39 is 35.9 Å². The SMILES string of the molecule is CC(C)NCCCC[C@H](NC(=O)[C@H](Cc1ccc(O)cc1)NC(=O)[C@@H](N)Cc1ccccc1)C(=O)O. The highest BCUT2D eigenvalue weighted by atomic mass is 16.4. The molecule has 36 heavy (non-hydrogen) atoms. The Labute approximate surface area is 212 Å². The van der Waals surface area contributed by atoms with Gasteiger partial charge in [-0.2, -0.15) is 0 Å². The van der Waals surface area contributed by atoms with Gasteiger partial charge in [0.15, 0.2) is 0 Å². The third-order valence-corrected chi connectivity index (χ3v) is 5.73. The summed E-state index contributed by atoms with van der Waals surface area (Å²) < 4.78 is 0. The molecular weight excluding hydrogens is 460 g/mol. The van der Waals surface area contributed by atoms with Gasteiger partial charge in [0.1, 0.15) is 17.8 Å². The first-order chi connectivity index (χ1) is 17.2. The maximum atomic E-state index is 13.1. The summed E-state index contributed by atoms with van der Waals surface area (Å²) in [5.74, 6) is -2.16. The summed E-state index contributed by atoms with van der Waals surface area (Å²) in [6.45, 7) is 4.83. The van der Waals surface area contributed by atoms with Gasteiger partial charge < -0.3 is 31.9 Å². The number of unbranched alkanes of at least 4 members (excludes halogenated alkanes) is 1. The Morgan fingerprint density at radius 3 is 2.06 bits per heavy atom. The van der Waals surface area contributed by atoms with Gasteiger partial charge in [-0.1, -0.05) is 56.3 Å². The molecule has 0 fully saturated rings. The maximum absolute atomic E-state index is 13.1. The normalized spacial score (nSPS) is 13.6. The van der Waals surface area contributed by atoms with Gasteiger partial charge in [0.2, 0.25) is 11.8 Å². The highest BCUT2D eigenvalue weighted by molar-refractivity contribution is 5.92. The molecule has 3 atom stereocenters. The van der Waals surface area contributed by atoms with Gasteiger partial charge in [0, 0.05) is 12.5 Å². The fraction of sp³-hybridized carbons (Fsp3) is 0.444. The largest absolute Gasteiger partial charge is 0.508 e. The van der Waals surface area contributed by atoms with E-state index in [9.17, 15) is 24.6 Å². The second-order valence-electron chi connectivity index (χ2n) is 9.23. The zero-order valence-electron chi connectivity index (χ0n) is 20.9. The lowest BCUT2D eigenvalue weighted by atomic mass is 10.0. The van der Waals surface area contributed by atoms with Crippen molar-refractivity contribution in [3.63, 3.8) is 0 Å². The average molecular weight is 499 g/mol. The first-order valence-corrected chi connectivity index (χ1v) is 12.3. The Morgan fingerprint density at radius 1 is 0.833 bits per heavy atom. The van der Waals surface area contributed by atoms with Crippen molar-refractivity contribution in [3.8, 4) is 5.75 Å². The topological polar surface area (TPSA) is 154 Å². The van der Waals surface area contributed by atoms with E-state index >= 15 is 0 Å². The van der Waals surface area contributed by atoms with Crippen LogP contribution in [-0.4, -0.2) is 58.7 Å². The predicted molar refractivity (Wildman–Crippen MR) is 138 cm³/mol. The Morgan fingerprint density at radius 2 is 1.44 bits per heavy atom. The van der Waals surface area contributed by atoms with Crippen molar-refractivity contribution >= 4 is 17.8 Å². The number of hydrogen-bond acceptors (Lipinski definition) is 6. The minimum atomic E-state index is -1.13. The molecule has 0 saturated heterocycles. The number of nitrogens with two attached hydrogens (primary N) is 1. The Kier molecular flexibility index (Phi) is 11.9. The summed E-state index contributed by atoms with van der Waals surface area (Å²) in [4.78, 5) is 37.8. The van der Waals surface area contributed by atoms with Gasteiger partial charge in [-0.15, -0.1) is 0 Å². The second-order valence-corrected chi connectivity index (χ2v) is 9.23. The number of carbonyl (C=O) groups is 3. The molecular formula is C27H38N4O5. The number of carboxylic acids is 1. The number of carboxylic acid groups (broad SMARTS) is 1. The summed E-state index contributed by atoms with van der Waals surface area (Å²) >= 11 is 0. The van der Waals surface area contributed by atoms with E-state index in [0.29, 0.717) is 24.4 Å². The lowest BCUT2D eigenvalue weighted by molar-refractivity contribution is -0.142. The van der Waals surface area contributed by atoms with Crippen molar-refractivity contribution in [2.75, 3.05) is 6.54 Å². The first-order valence-electron chi connectivity index (χ1n) is 12.3. The lowest BCUT2D eigenvalue weighted by Gasteiger charge is -2.23. The zero-order chi connectivity index (χ0) is 26.5. The third-order valence-electron chi connectivity index (χ3n) is 5.73. The van der Waals surface area contributed by atoms with Crippen LogP contribution in [-0.2, 0) is 27.2 Å². The number of hydrogen-bond donors (Lipinski definition) is 6. The average Bonchev–Trinajstić information content (AvgIpc) is 2.84. The molecule has 0 spiro atoms. The number of phenols is 1. The maximum Gasteiger partial charge on any atom is 0.326 e. The number of benzene rings is 2. The lowest BCUT2D eigenvalue weighted by Crippen LogP contribution is -2.55. The molecule has 7 N–H and O–H groups in total. The van der Waals surface area contributed by atoms with E-state index in [1.165, 1.54) is 12.1 Å². The molecule has 9 nitrogen and oxygen atoms in total. The van der Waals surface area contributed by atoms with Gasteiger partial charge in [-0.3, -0.25) is 9.59 Å². The second kappa shape index (κ2) is 14.9. The van der Waals surface area contributed by atoms with Gasteiger partial charge in [-0.05, 0) is 55.5 Å². The van der Waals surface area contributed by atoms with Crippen LogP contribution < -0.4 is 21.7 Å². The monoisotopic (exact) mass is 498 g/mol. The summed E-state index contributed by atoms with van der Waals surface area (Å²) in [5.41, 5.74) is 7.68. The fourth-order valence-electron chi connectivity index (χ4n) is 3.71. The van der Waals surface area contributed by atoms with E-state index in [-0.39, 0.29) is 18.6 Å². The molecule has 0 aliphatic heterocycles. The molecule has 2 rings (SSSR count). The summed E-state index contributed by atoms with van der Waals surface area (Å²) in [6, 6.07) is 12.9. The Hall–Kier alpha value is -3.43. The van der Waals surface area contributed by atoms with Crippen molar-refractivity contribution in [1.82, 2.24) is 16.0 Å². The van der Waals surface area contributed by atoms with Crippen LogP contribution in [0.1, 0.15) is 44.2 Å². The van der Waals surface area contributed by atoms with Crippen LogP contribution in [0.3, 0.4) is 0 Å². The number of carbonyl (C=O) groups excluding carboxylic acids is 2. The smallest absolute Gasteiger partial charge is 0.326 e. The molecule has 0 unspecified atom stereocenters. The molecule has 2 aromatic carbocycles. The Bertz CT molecular complexity index is 966. The number of nitrogens with one attached hydrogen (secondary N) is 3. The van der Waals surface area contributed by atoms with Crippen LogP contribution in [0.5, 0.6) is 5.75 Å². The van der Waals surface area contributed by atoms with E-state index in [1.54, 1.807) is 12.1 Å². The number of aliphatic carboxylic acids is 1. The summed E-state index contributed by atoms with van der Waals surface area (Å²) in [6.07, 6.45) is 2.07. The molecule has 0 aromatic heterocycles. The number of aromatic hydroxyl groups is 1. The van der Waals surface area contributed by atoms with Gasteiger partial charge in [-0.25, -0.2) is 4.79 Å². The van der Waals surface area contributed by atoms with Crippen LogP contribution in [0.25, 0.3) is 0 Å². The summed E-state index contributed by atoms with van der Waals surface area (Å²) in [5, 5.41) is 27.7. The van der Waals surface area contributed by atoms with Crippen LogP contribution in [0.2, 0.25) is 0 Å². The highest BCUT2D eigenvalue weighted by Gasteiger charge is 2.28. The molecule has 0 aliphatic carbocycles. The van der Waals surface area contributed by atoms with Crippen LogP contribution in [0.4, 0.5) is 0 Å². The molecule has 2 amide bonds. The molecule has 0 saturated carbocycles. The molecule has 0 radical (unpaired) electrons. The van der Waals surface area contributed by atoms with Gasteiger partial charge >= 0.3 is 5.97 Å². The molecule has 0 bridgehead atoms. The molecule has 196 valence electrons. The van der Waals surface area contributed by atoms with Gasteiger partial charge in [0.25, 0.3) is 0 Å². The molecule has 0 aliphatic rings. The minimum Gasteiger partial charge on any atom is -0.508 e. The van der Waals surface area contributed by atoms with Crippen molar-refractivity contribution in [3.05, 3.63) is 65.7 Å². The fourth-order valence-corrected chi connectivity index (χ4v) is 3.71. The molecule has 2 aromatic rings. The predicted octanol–water partition coefficient (Wildman–Crippen LogP) is 1.73. The van der Waals surface area contributed by atoms with Crippen molar-refractivity contribution < 1.29 is 24.6 Å². The zero-order valence-corrected chi connectivity index (χ0v) is 20.9. The number of rotatable bonds is 15. The summed E-state index contributed by atoms with van der Waals surface area (Å²) in [7, 11) is 0. The highest BCUT2D eigenvalue weighted by Crippen LogP contribution is 2.12. The van der Waals surface area contributed by atoms with Crippen molar-refractivity contribution in [2.45, 2.75) is 70.1 Å². The minimum absolute atomic E-state index is 0.0755. The number of amides is 2. The quantitative estimate of drug-likeness (QED) is 0.204. The Balaban J connectivity index is 2.06. The number of phenolic OH excluding ortho intramolecular Hbond substituents is 1. The van der Waals surface area contributed by atoms with Crippen LogP contribution >= 0.6 is 0 Å². The van der Waals surface area contributed by atoms with E-state index in [2.05, 4.69) is 16.0 Å². The molecule has 0 heterocycles. The van der Waals surface area contributed by atoms with E-state index in [0.717, 1.165) is 18.5 Å². The first kappa shape index (κ1) is 28.8.